The van der Waals surface area contributed by atoms with E-state index >= 15 is 0 Å². The number of nitrogens with one attached hydrogen (secondary N) is 1. The Kier molecular flexibility index (Phi) is 5.95. The van der Waals surface area contributed by atoms with Crippen molar-refractivity contribution in [2.75, 3.05) is 13.1 Å². The molecule has 2 amide bonds. The number of urea groups is 1. The molecule has 0 aliphatic heterocycles. The smallest absolute Gasteiger partial charge is 0.323 e. The summed E-state index contributed by atoms with van der Waals surface area (Å²) in [6.07, 6.45) is 4.92. The Morgan fingerprint density at radius 2 is 1.94 bits per heavy atom. The molecule has 2 N–H and O–H groups in total. The topological polar surface area (TPSA) is 69.6 Å². The molecule has 0 atom stereocenters. The second-order valence-corrected chi connectivity index (χ2v) is 5.37. The number of amides is 2. The largest absolute Gasteiger partial charge is 0.480 e. The summed E-state index contributed by atoms with van der Waals surface area (Å²) in [6.45, 7) is 4.60. The summed E-state index contributed by atoms with van der Waals surface area (Å²) in [5, 5.41) is 11.7. The van der Waals surface area contributed by atoms with E-state index in [2.05, 4.69) is 19.2 Å². The lowest BCUT2D eigenvalue weighted by Crippen LogP contribution is -2.47. The highest BCUT2D eigenvalue weighted by Crippen LogP contribution is 2.23. The van der Waals surface area contributed by atoms with Gasteiger partial charge in [-0.05, 0) is 25.2 Å². The van der Waals surface area contributed by atoms with Gasteiger partial charge < -0.3 is 15.3 Å². The van der Waals surface area contributed by atoms with Crippen LogP contribution in [0.25, 0.3) is 0 Å². The first kappa shape index (κ1) is 14.8. The Bertz CT molecular complexity index is 286. The second-order valence-electron chi connectivity index (χ2n) is 5.37. The first-order valence-electron chi connectivity index (χ1n) is 6.77. The molecule has 1 aliphatic rings. The molecule has 1 fully saturated rings. The van der Waals surface area contributed by atoms with Gasteiger partial charge in [0.15, 0.2) is 0 Å². The van der Waals surface area contributed by atoms with E-state index in [1.54, 1.807) is 0 Å². The van der Waals surface area contributed by atoms with Crippen molar-refractivity contribution in [3.05, 3.63) is 0 Å². The number of hydrogen-bond donors (Lipinski definition) is 2. The average molecular weight is 256 g/mol. The van der Waals surface area contributed by atoms with Crippen LogP contribution < -0.4 is 5.32 Å². The van der Waals surface area contributed by atoms with Crippen LogP contribution >= 0.6 is 0 Å². The van der Waals surface area contributed by atoms with Gasteiger partial charge in [0.25, 0.3) is 0 Å². The summed E-state index contributed by atoms with van der Waals surface area (Å²) >= 11 is 0. The summed E-state index contributed by atoms with van der Waals surface area (Å²) < 4.78 is 0. The lowest BCUT2D eigenvalue weighted by atomic mass is 10.1. The number of hydrogen-bond acceptors (Lipinski definition) is 2. The molecule has 1 rings (SSSR count). The maximum absolute atomic E-state index is 12.0. The lowest BCUT2D eigenvalue weighted by Gasteiger charge is -2.27. The van der Waals surface area contributed by atoms with Crippen LogP contribution in [0.1, 0.15) is 46.0 Å². The minimum absolute atomic E-state index is 0.0974. The van der Waals surface area contributed by atoms with Gasteiger partial charge in [-0.1, -0.05) is 26.7 Å². The SMILES string of the molecule is CC(C)CCNC(=O)N(CC(=O)O)C1CCCC1. The zero-order valence-corrected chi connectivity index (χ0v) is 11.3. The average Bonchev–Trinajstić information content (AvgIpc) is 2.78. The van der Waals surface area contributed by atoms with Crippen molar-refractivity contribution in [2.24, 2.45) is 5.92 Å². The minimum atomic E-state index is -0.944. The monoisotopic (exact) mass is 256 g/mol. The van der Waals surface area contributed by atoms with Gasteiger partial charge in [-0.2, -0.15) is 0 Å². The van der Waals surface area contributed by atoms with E-state index in [1.807, 2.05) is 0 Å². The van der Waals surface area contributed by atoms with Crippen molar-refractivity contribution in [3.63, 3.8) is 0 Å². The van der Waals surface area contributed by atoms with Gasteiger partial charge in [0.1, 0.15) is 6.54 Å². The number of carboxylic acids is 1. The van der Waals surface area contributed by atoms with Crippen molar-refractivity contribution < 1.29 is 14.7 Å². The zero-order valence-electron chi connectivity index (χ0n) is 11.3. The molecule has 0 spiro atoms. The number of carboxylic acid groups (broad SMARTS) is 1. The maximum atomic E-state index is 12.0. The van der Waals surface area contributed by atoms with Gasteiger partial charge in [0.05, 0.1) is 0 Å². The van der Waals surface area contributed by atoms with Crippen LogP contribution in [0.4, 0.5) is 4.79 Å². The molecular weight excluding hydrogens is 232 g/mol. The molecule has 0 aromatic carbocycles. The molecule has 0 aromatic rings. The molecule has 0 aromatic heterocycles. The predicted molar refractivity (Wildman–Crippen MR) is 69.5 cm³/mol. The van der Waals surface area contributed by atoms with Crippen LogP contribution in [0, 0.1) is 5.92 Å². The molecule has 0 heterocycles. The summed E-state index contributed by atoms with van der Waals surface area (Å²) in [5.74, 6) is -0.411. The van der Waals surface area contributed by atoms with E-state index in [0.717, 1.165) is 32.1 Å². The number of aliphatic carboxylic acids is 1. The van der Waals surface area contributed by atoms with Crippen molar-refractivity contribution in [2.45, 2.75) is 52.0 Å². The first-order chi connectivity index (χ1) is 8.50. The highest BCUT2D eigenvalue weighted by molar-refractivity contribution is 5.80. The second kappa shape index (κ2) is 7.24. The van der Waals surface area contributed by atoms with E-state index in [4.69, 9.17) is 5.11 Å². The van der Waals surface area contributed by atoms with E-state index in [9.17, 15) is 9.59 Å². The zero-order chi connectivity index (χ0) is 13.5. The summed E-state index contributed by atoms with van der Waals surface area (Å²) in [4.78, 5) is 24.3. The van der Waals surface area contributed by atoms with Crippen LogP contribution in [0.15, 0.2) is 0 Å². The Balaban J connectivity index is 2.47. The third-order valence-corrected chi connectivity index (χ3v) is 3.33. The van der Waals surface area contributed by atoms with E-state index in [0.29, 0.717) is 12.5 Å². The van der Waals surface area contributed by atoms with Gasteiger partial charge in [0.2, 0.25) is 0 Å². The van der Waals surface area contributed by atoms with Crippen LogP contribution in [0.3, 0.4) is 0 Å². The normalized spacial score (nSPS) is 15.9. The fourth-order valence-electron chi connectivity index (χ4n) is 2.30. The minimum Gasteiger partial charge on any atom is -0.480 e. The van der Waals surface area contributed by atoms with Gasteiger partial charge in [-0.15, -0.1) is 0 Å². The fourth-order valence-corrected chi connectivity index (χ4v) is 2.30. The van der Waals surface area contributed by atoms with Crippen molar-refractivity contribution in [3.8, 4) is 0 Å². The highest BCUT2D eigenvalue weighted by Gasteiger charge is 2.28. The molecule has 5 heteroatoms. The van der Waals surface area contributed by atoms with Gasteiger partial charge >= 0.3 is 12.0 Å². The summed E-state index contributed by atoms with van der Waals surface area (Å²) in [5.41, 5.74) is 0. The molecule has 0 unspecified atom stereocenters. The molecule has 5 nitrogen and oxygen atoms in total. The third kappa shape index (κ3) is 4.94. The van der Waals surface area contributed by atoms with Crippen LogP contribution in [0.2, 0.25) is 0 Å². The maximum Gasteiger partial charge on any atom is 0.323 e. The highest BCUT2D eigenvalue weighted by atomic mass is 16.4. The molecule has 1 aliphatic carbocycles. The molecular formula is C13H24N2O3. The van der Waals surface area contributed by atoms with Gasteiger partial charge in [0, 0.05) is 12.6 Å². The Labute approximate surface area is 109 Å². The van der Waals surface area contributed by atoms with E-state index in [1.165, 1.54) is 4.90 Å². The summed E-state index contributed by atoms with van der Waals surface area (Å²) in [6, 6.07) is -0.134. The van der Waals surface area contributed by atoms with Crippen molar-refractivity contribution in [1.29, 1.82) is 0 Å². The molecule has 1 saturated carbocycles. The van der Waals surface area contributed by atoms with Gasteiger partial charge in [-0.25, -0.2) is 4.79 Å². The molecule has 18 heavy (non-hydrogen) atoms. The summed E-state index contributed by atoms with van der Waals surface area (Å²) in [7, 11) is 0. The van der Waals surface area contributed by atoms with Crippen molar-refractivity contribution >= 4 is 12.0 Å². The van der Waals surface area contributed by atoms with Crippen LogP contribution in [-0.4, -0.2) is 41.1 Å². The van der Waals surface area contributed by atoms with Crippen molar-refractivity contribution in [1.82, 2.24) is 10.2 Å². The standard InChI is InChI=1S/C13H24N2O3/c1-10(2)7-8-14-13(18)15(9-12(16)17)11-5-3-4-6-11/h10-11H,3-9H2,1-2H3,(H,14,18)(H,16,17). The predicted octanol–water partition coefficient (Wildman–Crippen LogP) is 2.07. The third-order valence-electron chi connectivity index (χ3n) is 3.33. The molecule has 0 radical (unpaired) electrons. The van der Waals surface area contributed by atoms with Gasteiger partial charge in [-0.3, -0.25) is 4.79 Å². The number of nitrogens with zero attached hydrogens (tertiary/aromatic N) is 1. The first-order valence-corrected chi connectivity index (χ1v) is 6.77. The molecule has 0 saturated heterocycles. The van der Waals surface area contributed by atoms with E-state index < -0.39 is 5.97 Å². The number of carbonyl (C=O) groups is 2. The number of carbonyl (C=O) groups excluding carboxylic acids is 1. The molecule has 0 bridgehead atoms. The van der Waals surface area contributed by atoms with Crippen LogP contribution in [0.5, 0.6) is 0 Å². The Morgan fingerprint density at radius 1 is 1.33 bits per heavy atom. The lowest BCUT2D eigenvalue weighted by molar-refractivity contribution is -0.138. The Hall–Kier alpha value is -1.26. The van der Waals surface area contributed by atoms with Crippen LogP contribution in [-0.2, 0) is 4.79 Å². The number of rotatable bonds is 6. The Morgan fingerprint density at radius 3 is 2.44 bits per heavy atom. The van der Waals surface area contributed by atoms with E-state index in [-0.39, 0.29) is 18.6 Å². The quantitative estimate of drug-likeness (QED) is 0.764. The fraction of sp³-hybridized carbons (Fsp3) is 0.846. The molecule has 104 valence electrons.